The van der Waals surface area contributed by atoms with Crippen LogP contribution in [-0.2, 0) is 15.1 Å². The van der Waals surface area contributed by atoms with E-state index in [9.17, 15) is 4.79 Å². The Morgan fingerprint density at radius 3 is 2.83 bits per heavy atom. The maximum absolute atomic E-state index is 12.1. The number of esters is 1. The third-order valence-electron chi connectivity index (χ3n) is 4.12. The van der Waals surface area contributed by atoms with Gasteiger partial charge in [-0.1, -0.05) is 32.0 Å². The van der Waals surface area contributed by atoms with Gasteiger partial charge in [-0.15, -0.1) is 11.3 Å². The molecule has 0 bridgehead atoms. The molecule has 23 heavy (non-hydrogen) atoms. The second kappa shape index (κ2) is 6.32. The number of aromatic nitrogens is 1. The number of ether oxygens (including phenoxy) is 1. The maximum atomic E-state index is 12.1. The fraction of sp³-hybridized carbons (Fsp3) is 0.444. The summed E-state index contributed by atoms with van der Waals surface area (Å²) in [4.78, 5) is 16.8. The number of para-hydroxylation sites is 1. The van der Waals surface area contributed by atoms with Gasteiger partial charge in [0, 0.05) is 17.5 Å². The first-order valence-electron chi connectivity index (χ1n) is 7.97. The first-order chi connectivity index (χ1) is 11.0. The van der Waals surface area contributed by atoms with Gasteiger partial charge in [-0.25, -0.2) is 4.98 Å². The van der Waals surface area contributed by atoms with Crippen molar-refractivity contribution in [3.8, 4) is 0 Å². The van der Waals surface area contributed by atoms with Gasteiger partial charge in [-0.3, -0.25) is 4.79 Å². The van der Waals surface area contributed by atoms with Gasteiger partial charge in [0.1, 0.15) is 0 Å². The van der Waals surface area contributed by atoms with Gasteiger partial charge in [-0.2, -0.15) is 0 Å². The van der Waals surface area contributed by atoms with Gasteiger partial charge in [0.15, 0.2) is 10.7 Å². The Bertz CT molecular complexity index is 683. The van der Waals surface area contributed by atoms with E-state index >= 15 is 0 Å². The molecule has 1 saturated heterocycles. The fourth-order valence-corrected chi connectivity index (χ4v) is 3.88. The van der Waals surface area contributed by atoms with Crippen LogP contribution in [0.15, 0.2) is 35.7 Å². The Labute approximate surface area is 140 Å². The predicted octanol–water partition coefficient (Wildman–Crippen LogP) is 4.71. The van der Waals surface area contributed by atoms with Crippen molar-refractivity contribution in [2.24, 2.45) is 11.8 Å². The lowest BCUT2D eigenvalue weighted by molar-refractivity contribution is -0.150. The highest BCUT2D eigenvalue weighted by molar-refractivity contribution is 7.13. The molecule has 1 aliphatic rings. The van der Waals surface area contributed by atoms with Crippen molar-refractivity contribution in [1.29, 1.82) is 0 Å². The number of nitrogens with one attached hydrogen (secondary N) is 1. The SMILES string of the molecule is CC(C)C[C@H]1C[C@@](C)(c2csc(Nc3ccccc3)n2)OC1=O. The summed E-state index contributed by atoms with van der Waals surface area (Å²) in [5.41, 5.74) is 1.23. The Balaban J connectivity index is 1.73. The topological polar surface area (TPSA) is 51.2 Å². The zero-order valence-corrected chi connectivity index (χ0v) is 14.5. The molecular formula is C18H22N2O2S. The summed E-state index contributed by atoms with van der Waals surface area (Å²) in [6, 6.07) is 9.93. The number of rotatable bonds is 5. The number of cyclic esters (lactones) is 1. The van der Waals surface area contributed by atoms with E-state index in [0.29, 0.717) is 12.3 Å². The first kappa shape index (κ1) is 16.0. The van der Waals surface area contributed by atoms with Crippen LogP contribution in [0.3, 0.4) is 0 Å². The Kier molecular flexibility index (Phi) is 4.39. The molecule has 1 fully saturated rings. The van der Waals surface area contributed by atoms with Gasteiger partial charge >= 0.3 is 5.97 Å². The largest absolute Gasteiger partial charge is 0.453 e. The molecule has 122 valence electrons. The van der Waals surface area contributed by atoms with Crippen molar-refractivity contribution >= 4 is 28.1 Å². The van der Waals surface area contributed by atoms with Crippen LogP contribution >= 0.6 is 11.3 Å². The molecule has 0 spiro atoms. The van der Waals surface area contributed by atoms with E-state index in [2.05, 4.69) is 24.1 Å². The zero-order valence-electron chi connectivity index (χ0n) is 13.7. The summed E-state index contributed by atoms with van der Waals surface area (Å²) in [5, 5.41) is 6.08. The molecule has 0 aliphatic carbocycles. The molecule has 5 heteroatoms. The molecule has 0 unspecified atom stereocenters. The van der Waals surface area contributed by atoms with Crippen LogP contribution in [0.1, 0.15) is 39.3 Å². The number of hydrogen-bond acceptors (Lipinski definition) is 5. The number of anilines is 2. The normalized spacial score (nSPS) is 24.0. The Morgan fingerprint density at radius 1 is 1.39 bits per heavy atom. The van der Waals surface area contributed by atoms with Crippen LogP contribution in [0.2, 0.25) is 0 Å². The van der Waals surface area contributed by atoms with Crippen molar-refractivity contribution in [1.82, 2.24) is 4.98 Å². The molecule has 0 saturated carbocycles. The second-order valence-corrected chi connectivity index (χ2v) is 7.57. The molecule has 2 atom stereocenters. The molecule has 1 aliphatic heterocycles. The van der Waals surface area contributed by atoms with Crippen LogP contribution in [0.5, 0.6) is 0 Å². The number of nitrogens with zero attached hydrogens (tertiary/aromatic N) is 1. The Hall–Kier alpha value is -1.88. The summed E-state index contributed by atoms with van der Waals surface area (Å²) in [5.74, 6) is 0.375. The molecule has 4 nitrogen and oxygen atoms in total. The predicted molar refractivity (Wildman–Crippen MR) is 92.8 cm³/mol. The molecule has 2 aromatic rings. The van der Waals surface area contributed by atoms with E-state index in [-0.39, 0.29) is 11.9 Å². The first-order valence-corrected chi connectivity index (χ1v) is 8.85. The summed E-state index contributed by atoms with van der Waals surface area (Å²) < 4.78 is 5.69. The van der Waals surface area contributed by atoms with E-state index in [4.69, 9.17) is 4.74 Å². The van der Waals surface area contributed by atoms with Crippen LogP contribution in [0.4, 0.5) is 10.8 Å². The second-order valence-electron chi connectivity index (χ2n) is 6.71. The highest BCUT2D eigenvalue weighted by Crippen LogP contribution is 2.42. The summed E-state index contributed by atoms with van der Waals surface area (Å²) in [6.45, 7) is 6.23. The number of carbonyl (C=O) groups is 1. The molecule has 1 N–H and O–H groups in total. The third kappa shape index (κ3) is 3.55. The van der Waals surface area contributed by atoms with E-state index in [1.165, 1.54) is 11.3 Å². The van der Waals surface area contributed by atoms with Crippen molar-refractivity contribution in [3.63, 3.8) is 0 Å². The molecule has 0 radical (unpaired) electrons. The molecule has 3 rings (SSSR count). The molecular weight excluding hydrogens is 308 g/mol. The zero-order chi connectivity index (χ0) is 16.4. The molecule has 1 aromatic carbocycles. The molecule has 0 amide bonds. The number of carbonyl (C=O) groups excluding carboxylic acids is 1. The van der Waals surface area contributed by atoms with Gasteiger partial charge < -0.3 is 10.1 Å². The average molecular weight is 330 g/mol. The van der Waals surface area contributed by atoms with Crippen molar-refractivity contribution in [2.45, 2.75) is 39.2 Å². The van der Waals surface area contributed by atoms with Gasteiger partial charge in [0.05, 0.1) is 11.6 Å². The smallest absolute Gasteiger partial charge is 0.310 e. The van der Waals surface area contributed by atoms with Gasteiger partial charge in [0.25, 0.3) is 0 Å². The fourth-order valence-electron chi connectivity index (χ4n) is 3.03. The van der Waals surface area contributed by atoms with Crippen LogP contribution in [-0.4, -0.2) is 11.0 Å². The number of hydrogen-bond donors (Lipinski definition) is 1. The quantitative estimate of drug-likeness (QED) is 0.807. The minimum Gasteiger partial charge on any atom is -0.453 e. The standard InChI is InChI=1S/C18H22N2O2S/c1-12(2)9-13-10-18(3,22-16(13)21)15-11-23-17(20-15)19-14-7-5-4-6-8-14/h4-8,11-13H,9-10H2,1-3H3,(H,19,20)/t13-,18-/m0/s1. The van der Waals surface area contributed by atoms with E-state index in [1.54, 1.807) is 0 Å². The minimum absolute atomic E-state index is 0.0211. The molecule has 1 aromatic heterocycles. The number of benzene rings is 1. The van der Waals surface area contributed by atoms with Gasteiger partial charge in [-0.05, 0) is 31.4 Å². The number of thiazole rings is 1. The lowest BCUT2D eigenvalue weighted by atomic mass is 9.88. The van der Waals surface area contributed by atoms with Crippen molar-refractivity contribution in [2.75, 3.05) is 5.32 Å². The van der Waals surface area contributed by atoms with Crippen LogP contribution < -0.4 is 5.32 Å². The highest BCUT2D eigenvalue weighted by Gasteiger charge is 2.46. The highest BCUT2D eigenvalue weighted by atomic mass is 32.1. The maximum Gasteiger partial charge on any atom is 0.310 e. The monoisotopic (exact) mass is 330 g/mol. The van der Waals surface area contributed by atoms with E-state index in [0.717, 1.165) is 22.9 Å². The van der Waals surface area contributed by atoms with E-state index < -0.39 is 5.60 Å². The van der Waals surface area contributed by atoms with Crippen molar-refractivity contribution < 1.29 is 9.53 Å². The third-order valence-corrected chi connectivity index (χ3v) is 4.88. The average Bonchev–Trinajstić information content (AvgIpc) is 3.06. The molecule has 2 heterocycles. The lowest BCUT2D eigenvalue weighted by Crippen LogP contribution is -2.21. The summed E-state index contributed by atoms with van der Waals surface area (Å²) in [6.07, 6.45) is 1.58. The minimum atomic E-state index is -0.607. The lowest BCUT2D eigenvalue weighted by Gasteiger charge is -2.20. The van der Waals surface area contributed by atoms with Crippen LogP contribution in [0, 0.1) is 11.8 Å². The Morgan fingerprint density at radius 2 is 2.13 bits per heavy atom. The van der Waals surface area contributed by atoms with E-state index in [1.807, 2.05) is 42.6 Å². The van der Waals surface area contributed by atoms with Crippen LogP contribution in [0.25, 0.3) is 0 Å². The summed E-state index contributed by atoms with van der Waals surface area (Å²) in [7, 11) is 0. The van der Waals surface area contributed by atoms with Gasteiger partial charge in [0.2, 0.25) is 0 Å². The van der Waals surface area contributed by atoms with Crippen molar-refractivity contribution in [3.05, 3.63) is 41.4 Å². The summed E-state index contributed by atoms with van der Waals surface area (Å²) >= 11 is 1.53.